The average molecular weight is 384 g/mol. The zero-order valence-corrected chi connectivity index (χ0v) is 16.2. The summed E-state index contributed by atoms with van der Waals surface area (Å²) < 4.78 is 16.2. The summed E-state index contributed by atoms with van der Waals surface area (Å²) in [7, 11) is 0. The lowest BCUT2D eigenvalue weighted by molar-refractivity contribution is -0.133. The Morgan fingerprint density at radius 1 is 1.11 bits per heavy atom. The third kappa shape index (κ3) is 5.16. The van der Waals surface area contributed by atoms with E-state index >= 15 is 0 Å². The first-order valence-corrected chi connectivity index (χ1v) is 9.11. The molecule has 7 nitrogen and oxygen atoms in total. The van der Waals surface area contributed by atoms with Gasteiger partial charge in [0.05, 0.1) is 6.10 Å². The Balaban J connectivity index is 1.59. The molecule has 0 saturated heterocycles. The average Bonchev–Trinajstić information content (AvgIpc) is 3.10. The fraction of sp³-hybridized carbons (Fsp3) is 0.333. The number of rotatable bonds is 7. The molecule has 0 unspecified atom stereocenters. The fourth-order valence-electron chi connectivity index (χ4n) is 2.80. The molecule has 2 amide bonds. The van der Waals surface area contributed by atoms with Crippen LogP contribution in [0.3, 0.4) is 0 Å². The molecule has 0 bridgehead atoms. The van der Waals surface area contributed by atoms with E-state index in [1.54, 1.807) is 30.3 Å². The second kappa shape index (κ2) is 8.65. The molecule has 2 aromatic carbocycles. The van der Waals surface area contributed by atoms with Gasteiger partial charge in [-0.3, -0.25) is 9.59 Å². The van der Waals surface area contributed by atoms with E-state index in [-0.39, 0.29) is 31.3 Å². The number of ether oxygens (including phenoxy) is 3. The van der Waals surface area contributed by atoms with Crippen LogP contribution < -0.4 is 19.5 Å². The number of carbonyl (C=O) groups is 2. The first-order valence-electron chi connectivity index (χ1n) is 9.11. The molecule has 1 aliphatic heterocycles. The van der Waals surface area contributed by atoms with Gasteiger partial charge in [-0.05, 0) is 55.8 Å². The number of nitrogens with zero attached hydrogens (tertiary/aromatic N) is 1. The van der Waals surface area contributed by atoms with Gasteiger partial charge in [-0.25, -0.2) is 0 Å². The van der Waals surface area contributed by atoms with Crippen molar-refractivity contribution in [2.75, 3.05) is 18.7 Å². The van der Waals surface area contributed by atoms with Gasteiger partial charge in [0.25, 0.3) is 0 Å². The Morgan fingerprint density at radius 2 is 1.82 bits per heavy atom. The monoisotopic (exact) mass is 384 g/mol. The van der Waals surface area contributed by atoms with E-state index in [4.69, 9.17) is 14.2 Å². The van der Waals surface area contributed by atoms with Gasteiger partial charge < -0.3 is 24.4 Å². The standard InChI is InChI=1S/C21H24N2O5/c1-14(2)28-18-7-5-17(6-8-18)22-21(25)12-23(15(3)24)11-16-4-9-19-20(10-16)27-13-26-19/h4-10,14H,11-13H2,1-3H3,(H,22,25). The molecule has 0 saturated carbocycles. The SMILES string of the molecule is CC(=O)N(CC(=O)Nc1ccc(OC(C)C)cc1)Cc1ccc2c(c1)OCO2. The van der Waals surface area contributed by atoms with Gasteiger partial charge in [0.2, 0.25) is 18.6 Å². The van der Waals surface area contributed by atoms with Crippen LogP contribution in [0.4, 0.5) is 5.69 Å². The number of nitrogens with one attached hydrogen (secondary N) is 1. The zero-order valence-electron chi connectivity index (χ0n) is 16.2. The van der Waals surface area contributed by atoms with Gasteiger partial charge in [0.1, 0.15) is 12.3 Å². The van der Waals surface area contributed by atoms with E-state index in [9.17, 15) is 9.59 Å². The summed E-state index contributed by atoms with van der Waals surface area (Å²) in [4.78, 5) is 25.9. The van der Waals surface area contributed by atoms with Crippen LogP contribution in [-0.2, 0) is 16.1 Å². The molecule has 3 rings (SSSR count). The number of hydrogen-bond donors (Lipinski definition) is 1. The summed E-state index contributed by atoms with van der Waals surface area (Å²) in [5.74, 6) is 1.61. The van der Waals surface area contributed by atoms with Crippen molar-refractivity contribution in [3.05, 3.63) is 48.0 Å². The maximum absolute atomic E-state index is 12.4. The molecule has 0 fully saturated rings. The third-order valence-corrected chi connectivity index (χ3v) is 4.10. The van der Waals surface area contributed by atoms with Gasteiger partial charge in [0.15, 0.2) is 11.5 Å². The molecule has 0 atom stereocenters. The molecule has 1 heterocycles. The number of carbonyl (C=O) groups excluding carboxylic acids is 2. The fourth-order valence-corrected chi connectivity index (χ4v) is 2.80. The summed E-state index contributed by atoms with van der Waals surface area (Å²) in [6.07, 6.45) is 0.0840. The van der Waals surface area contributed by atoms with Gasteiger partial charge in [-0.2, -0.15) is 0 Å². The summed E-state index contributed by atoms with van der Waals surface area (Å²) in [5.41, 5.74) is 1.51. The first-order chi connectivity index (χ1) is 13.4. The summed E-state index contributed by atoms with van der Waals surface area (Å²) >= 11 is 0. The minimum absolute atomic E-state index is 0.0476. The van der Waals surface area contributed by atoms with Crippen LogP contribution in [0.2, 0.25) is 0 Å². The van der Waals surface area contributed by atoms with Crippen molar-refractivity contribution < 1.29 is 23.8 Å². The second-order valence-electron chi connectivity index (χ2n) is 6.80. The molecular formula is C21H24N2O5. The van der Waals surface area contributed by atoms with Crippen LogP contribution in [0.25, 0.3) is 0 Å². The van der Waals surface area contributed by atoms with Crippen LogP contribution >= 0.6 is 0 Å². The summed E-state index contributed by atoms with van der Waals surface area (Å²) in [5, 5.41) is 2.80. The van der Waals surface area contributed by atoms with Crippen LogP contribution in [0.15, 0.2) is 42.5 Å². The third-order valence-electron chi connectivity index (χ3n) is 4.10. The van der Waals surface area contributed by atoms with E-state index in [2.05, 4.69) is 5.32 Å². The molecule has 0 aliphatic carbocycles. The second-order valence-corrected chi connectivity index (χ2v) is 6.80. The molecule has 148 valence electrons. The van der Waals surface area contributed by atoms with Crippen molar-refractivity contribution >= 4 is 17.5 Å². The van der Waals surface area contributed by atoms with E-state index in [0.717, 1.165) is 11.3 Å². The maximum atomic E-state index is 12.4. The van der Waals surface area contributed by atoms with E-state index in [0.29, 0.717) is 23.7 Å². The van der Waals surface area contributed by atoms with Crippen LogP contribution in [0.1, 0.15) is 26.3 Å². The Kier molecular flexibility index (Phi) is 6.03. The van der Waals surface area contributed by atoms with Crippen LogP contribution in [0.5, 0.6) is 17.2 Å². The highest BCUT2D eigenvalue weighted by atomic mass is 16.7. The van der Waals surface area contributed by atoms with Crippen molar-refractivity contribution in [3.8, 4) is 17.2 Å². The zero-order chi connectivity index (χ0) is 20.1. The summed E-state index contributed by atoms with van der Waals surface area (Å²) in [6.45, 7) is 5.80. The van der Waals surface area contributed by atoms with Crippen molar-refractivity contribution in [1.29, 1.82) is 0 Å². The first kappa shape index (κ1) is 19.5. The molecule has 2 aromatic rings. The molecule has 28 heavy (non-hydrogen) atoms. The highest BCUT2D eigenvalue weighted by molar-refractivity contribution is 5.94. The quantitative estimate of drug-likeness (QED) is 0.793. The Labute approximate surface area is 164 Å². The van der Waals surface area contributed by atoms with Gasteiger partial charge in [0, 0.05) is 19.2 Å². The molecular weight excluding hydrogens is 360 g/mol. The Bertz CT molecular complexity index is 848. The van der Waals surface area contributed by atoms with Crippen LogP contribution in [0, 0.1) is 0 Å². The minimum Gasteiger partial charge on any atom is -0.491 e. The van der Waals surface area contributed by atoms with Gasteiger partial charge in [-0.15, -0.1) is 0 Å². The number of amides is 2. The lowest BCUT2D eigenvalue weighted by atomic mass is 10.2. The van der Waals surface area contributed by atoms with Crippen molar-refractivity contribution in [2.24, 2.45) is 0 Å². The minimum atomic E-state index is -0.270. The molecule has 0 radical (unpaired) electrons. The number of fused-ring (bicyclic) bond motifs is 1. The molecule has 0 aromatic heterocycles. The highest BCUT2D eigenvalue weighted by Crippen LogP contribution is 2.32. The number of anilines is 1. The predicted molar refractivity (Wildman–Crippen MR) is 104 cm³/mol. The largest absolute Gasteiger partial charge is 0.491 e. The van der Waals surface area contributed by atoms with Crippen molar-refractivity contribution in [3.63, 3.8) is 0 Å². The maximum Gasteiger partial charge on any atom is 0.244 e. The van der Waals surface area contributed by atoms with E-state index < -0.39 is 0 Å². The van der Waals surface area contributed by atoms with E-state index in [1.165, 1.54) is 11.8 Å². The lowest BCUT2D eigenvalue weighted by Gasteiger charge is -2.21. The predicted octanol–water partition coefficient (Wildman–Crippen LogP) is 3.19. The molecule has 7 heteroatoms. The van der Waals surface area contributed by atoms with E-state index in [1.807, 2.05) is 26.0 Å². The van der Waals surface area contributed by atoms with Crippen molar-refractivity contribution in [1.82, 2.24) is 4.90 Å². The van der Waals surface area contributed by atoms with Gasteiger partial charge >= 0.3 is 0 Å². The Hall–Kier alpha value is -3.22. The lowest BCUT2D eigenvalue weighted by Crippen LogP contribution is -2.36. The summed E-state index contributed by atoms with van der Waals surface area (Å²) in [6, 6.07) is 12.6. The topological polar surface area (TPSA) is 77.1 Å². The smallest absolute Gasteiger partial charge is 0.244 e. The number of hydrogen-bond acceptors (Lipinski definition) is 5. The molecule has 0 spiro atoms. The normalized spacial score (nSPS) is 12.0. The van der Waals surface area contributed by atoms with Gasteiger partial charge in [-0.1, -0.05) is 6.07 Å². The van der Waals surface area contributed by atoms with Crippen molar-refractivity contribution in [2.45, 2.75) is 33.4 Å². The molecule has 1 aliphatic rings. The Morgan fingerprint density at radius 3 is 2.50 bits per heavy atom. The molecule has 1 N–H and O–H groups in total. The van der Waals surface area contributed by atoms with Crippen LogP contribution in [-0.4, -0.2) is 36.2 Å². The number of benzene rings is 2. The highest BCUT2D eigenvalue weighted by Gasteiger charge is 2.18.